The van der Waals surface area contributed by atoms with E-state index in [2.05, 4.69) is 33.0 Å². The van der Waals surface area contributed by atoms with E-state index in [1.54, 1.807) is 4.90 Å². The Balaban J connectivity index is 1.49. The molecule has 3 saturated carbocycles. The van der Waals surface area contributed by atoms with E-state index in [0.717, 1.165) is 57.2 Å². The highest BCUT2D eigenvalue weighted by molar-refractivity contribution is 6.07. The van der Waals surface area contributed by atoms with Crippen molar-refractivity contribution in [2.75, 3.05) is 19.6 Å². The molecule has 0 aromatic carbocycles. The lowest BCUT2D eigenvalue weighted by molar-refractivity contribution is -0.131. The molecule has 3 fully saturated rings. The van der Waals surface area contributed by atoms with Crippen molar-refractivity contribution in [1.29, 1.82) is 0 Å². The van der Waals surface area contributed by atoms with Gasteiger partial charge in [0.2, 0.25) is 5.91 Å². The monoisotopic (exact) mass is 443 g/mol. The Labute approximate surface area is 193 Å². The summed E-state index contributed by atoms with van der Waals surface area (Å²) in [4.78, 5) is 44.8. The highest BCUT2D eigenvalue weighted by Crippen LogP contribution is 2.63. The van der Waals surface area contributed by atoms with Crippen LogP contribution < -0.4 is 5.32 Å². The van der Waals surface area contributed by atoms with Crippen molar-refractivity contribution in [3.63, 3.8) is 0 Å². The molecular weight excluding hydrogens is 402 g/mol. The number of carbonyl (C=O) groups is 3. The number of Topliss-reactive ketones (excluding diaryl/α,β-unsaturated/α-hetero) is 1. The van der Waals surface area contributed by atoms with E-state index < -0.39 is 0 Å². The largest absolute Gasteiger partial charge is 0.324 e. The zero-order valence-corrected chi connectivity index (χ0v) is 20.4. The fraction of sp³-hybridized carbons (Fsp3) is 0.846. The minimum atomic E-state index is -0.231. The van der Waals surface area contributed by atoms with E-state index in [0.29, 0.717) is 49.5 Å². The van der Waals surface area contributed by atoms with E-state index in [1.165, 1.54) is 0 Å². The molecular formula is C26H41N3O3. The highest BCUT2D eigenvalue weighted by Gasteiger charge is 2.60. The molecule has 0 aromatic rings. The molecule has 6 heteroatoms. The number of fused-ring (bicyclic) bond motifs is 5. The number of aliphatic imine (C=N–C) groups is 1. The maximum absolute atomic E-state index is 13.3. The van der Waals surface area contributed by atoms with Crippen LogP contribution in [0.15, 0.2) is 4.99 Å². The molecule has 0 bridgehead atoms. The number of nitrogens with one attached hydrogen (secondary N) is 1. The van der Waals surface area contributed by atoms with Gasteiger partial charge in [-0.05, 0) is 68.1 Å². The second-order valence-electron chi connectivity index (χ2n) is 11.3. The molecule has 4 rings (SSSR count). The third-order valence-corrected chi connectivity index (χ3v) is 9.52. The number of hydrogen-bond donors (Lipinski definition) is 1. The first-order valence-electron chi connectivity index (χ1n) is 12.9. The van der Waals surface area contributed by atoms with E-state index in [9.17, 15) is 14.4 Å². The number of imide groups is 1. The van der Waals surface area contributed by atoms with Crippen LogP contribution in [0, 0.1) is 34.5 Å². The topological polar surface area (TPSA) is 78.8 Å². The standard InChI is InChI=1S/C26H41N3O3/c1-5-13-29(14-6-2)24(32)28-23(31)21-8-7-19-18-16-27-22-15-17(30)9-11-26(22,4)20(18)10-12-25(19,21)3/h18-21H,5-16H2,1-4H3,(H,28,31,32)/t18-,19-,20+,21?,25-,26+/m0/s1. The molecule has 1 heterocycles. The molecule has 0 radical (unpaired) electrons. The van der Waals surface area contributed by atoms with Gasteiger partial charge in [-0.1, -0.05) is 27.7 Å². The molecule has 3 amide bonds. The summed E-state index contributed by atoms with van der Waals surface area (Å²) in [5.41, 5.74) is 1.12. The Morgan fingerprint density at radius 3 is 2.47 bits per heavy atom. The van der Waals surface area contributed by atoms with Crippen molar-refractivity contribution in [2.24, 2.45) is 39.5 Å². The molecule has 0 aromatic heterocycles. The lowest BCUT2D eigenvalue weighted by Gasteiger charge is -2.56. The first kappa shape index (κ1) is 23.4. The van der Waals surface area contributed by atoms with Gasteiger partial charge in [0, 0.05) is 49.5 Å². The average molecular weight is 444 g/mol. The second kappa shape index (κ2) is 8.90. The summed E-state index contributed by atoms with van der Waals surface area (Å²) >= 11 is 0. The van der Waals surface area contributed by atoms with E-state index >= 15 is 0 Å². The van der Waals surface area contributed by atoms with Gasteiger partial charge in [0.25, 0.3) is 0 Å². The summed E-state index contributed by atoms with van der Waals surface area (Å²) in [6, 6.07) is -0.231. The van der Waals surface area contributed by atoms with E-state index in [1.807, 2.05) is 0 Å². The van der Waals surface area contributed by atoms with Crippen molar-refractivity contribution < 1.29 is 14.4 Å². The fourth-order valence-corrected chi connectivity index (χ4v) is 7.76. The van der Waals surface area contributed by atoms with Crippen LogP contribution in [0.2, 0.25) is 0 Å². The molecule has 32 heavy (non-hydrogen) atoms. The van der Waals surface area contributed by atoms with Crippen LogP contribution in [0.1, 0.15) is 85.5 Å². The van der Waals surface area contributed by atoms with Gasteiger partial charge in [-0.15, -0.1) is 0 Å². The quantitative estimate of drug-likeness (QED) is 0.673. The third kappa shape index (κ3) is 3.81. The first-order valence-corrected chi connectivity index (χ1v) is 12.9. The van der Waals surface area contributed by atoms with Gasteiger partial charge in [0.05, 0.1) is 0 Å². The van der Waals surface area contributed by atoms with Gasteiger partial charge in [-0.2, -0.15) is 0 Å². The Bertz CT molecular complexity index is 802. The Morgan fingerprint density at radius 1 is 1.06 bits per heavy atom. The van der Waals surface area contributed by atoms with Crippen LogP contribution in [0.25, 0.3) is 0 Å². The molecule has 1 N–H and O–H groups in total. The van der Waals surface area contributed by atoms with Crippen LogP contribution in [0.5, 0.6) is 0 Å². The van der Waals surface area contributed by atoms with Crippen LogP contribution in [0.4, 0.5) is 4.79 Å². The molecule has 3 aliphatic carbocycles. The van der Waals surface area contributed by atoms with Gasteiger partial charge >= 0.3 is 6.03 Å². The summed E-state index contributed by atoms with van der Waals surface area (Å²) in [6.45, 7) is 10.9. The van der Waals surface area contributed by atoms with Crippen LogP contribution in [-0.4, -0.2) is 48.0 Å². The normalized spacial score (nSPS) is 38.2. The van der Waals surface area contributed by atoms with Crippen molar-refractivity contribution in [2.45, 2.75) is 85.5 Å². The summed E-state index contributed by atoms with van der Waals surface area (Å²) in [7, 11) is 0. The summed E-state index contributed by atoms with van der Waals surface area (Å²) in [5, 5.41) is 2.76. The van der Waals surface area contributed by atoms with E-state index in [4.69, 9.17) is 4.99 Å². The smallest absolute Gasteiger partial charge is 0.324 e. The predicted molar refractivity (Wildman–Crippen MR) is 125 cm³/mol. The van der Waals surface area contributed by atoms with Gasteiger partial charge in [-0.3, -0.25) is 19.9 Å². The van der Waals surface area contributed by atoms with Crippen molar-refractivity contribution in [3.8, 4) is 0 Å². The van der Waals surface area contributed by atoms with Gasteiger partial charge in [0.1, 0.15) is 5.78 Å². The van der Waals surface area contributed by atoms with Crippen molar-refractivity contribution >= 4 is 23.4 Å². The number of amides is 3. The predicted octanol–water partition coefficient (Wildman–Crippen LogP) is 4.62. The minimum Gasteiger partial charge on any atom is -0.324 e. The molecule has 6 atom stereocenters. The highest BCUT2D eigenvalue weighted by atomic mass is 16.2. The maximum Gasteiger partial charge on any atom is 0.324 e. The summed E-state index contributed by atoms with van der Waals surface area (Å²) in [5.74, 6) is 1.67. The minimum absolute atomic E-state index is 0.0509. The van der Waals surface area contributed by atoms with Crippen LogP contribution >= 0.6 is 0 Å². The van der Waals surface area contributed by atoms with Gasteiger partial charge < -0.3 is 4.90 Å². The van der Waals surface area contributed by atoms with Crippen molar-refractivity contribution in [1.82, 2.24) is 10.2 Å². The Kier molecular flexibility index (Phi) is 6.52. The molecule has 0 spiro atoms. The molecule has 1 unspecified atom stereocenters. The fourth-order valence-electron chi connectivity index (χ4n) is 7.76. The van der Waals surface area contributed by atoms with E-state index in [-0.39, 0.29) is 28.7 Å². The average Bonchev–Trinajstić information content (AvgIpc) is 3.11. The SMILES string of the molecule is CCCN(CCC)C(=O)NC(=O)C1CC[C@H]2[C@@H]3CN=C4CC(=O)CC[C@]4(C)[C@@H]3CC[C@]12C. The summed E-state index contributed by atoms with van der Waals surface area (Å²) in [6.07, 6.45) is 7.95. The molecule has 4 aliphatic rings. The molecule has 6 nitrogen and oxygen atoms in total. The molecule has 0 saturated heterocycles. The van der Waals surface area contributed by atoms with Crippen LogP contribution in [0.3, 0.4) is 0 Å². The number of nitrogens with zero attached hydrogens (tertiary/aromatic N) is 2. The number of hydrogen-bond acceptors (Lipinski definition) is 4. The van der Waals surface area contributed by atoms with Crippen LogP contribution in [-0.2, 0) is 9.59 Å². The third-order valence-electron chi connectivity index (χ3n) is 9.52. The Morgan fingerprint density at radius 2 is 1.78 bits per heavy atom. The number of urea groups is 1. The zero-order valence-electron chi connectivity index (χ0n) is 20.4. The lowest BCUT2D eigenvalue weighted by Crippen LogP contribution is -2.55. The molecule has 178 valence electrons. The van der Waals surface area contributed by atoms with Crippen molar-refractivity contribution in [3.05, 3.63) is 0 Å². The molecule has 1 aliphatic heterocycles. The van der Waals surface area contributed by atoms with Gasteiger partial charge in [-0.25, -0.2) is 4.79 Å². The second-order valence-corrected chi connectivity index (χ2v) is 11.3. The summed E-state index contributed by atoms with van der Waals surface area (Å²) < 4.78 is 0. The first-order chi connectivity index (χ1) is 15.2. The Hall–Kier alpha value is -1.72. The number of ketones is 1. The number of carbonyl (C=O) groups excluding carboxylic acids is 3. The lowest BCUT2D eigenvalue weighted by atomic mass is 9.49. The number of rotatable bonds is 5. The van der Waals surface area contributed by atoms with Gasteiger partial charge in [0.15, 0.2) is 0 Å². The zero-order chi connectivity index (χ0) is 23.1. The maximum atomic E-state index is 13.3.